The standard InChI is InChI=1S/C19H25N5O3/c1-24-15-9-11(21-14-7-8-20-10-16(14)27-2)3-4-12(15)18(23-24)13-5-6-17(25)22-19(13)26/h3-4,9,13-14,16,20-21H,5-8,10H2,1-2H3,(H,22,25,26)/t13?,14-,16-/m1/s1. The van der Waals surface area contributed by atoms with Gasteiger partial charge in [0.25, 0.3) is 0 Å². The number of rotatable bonds is 4. The number of hydrogen-bond acceptors (Lipinski definition) is 6. The summed E-state index contributed by atoms with van der Waals surface area (Å²) in [6.07, 6.45) is 1.97. The lowest BCUT2D eigenvalue weighted by Crippen LogP contribution is -2.48. The fraction of sp³-hybridized carbons (Fsp3) is 0.526. The number of amides is 2. The molecule has 1 unspecified atom stereocenters. The summed E-state index contributed by atoms with van der Waals surface area (Å²) in [6, 6.07) is 6.34. The predicted octanol–water partition coefficient (Wildman–Crippen LogP) is 0.882. The lowest BCUT2D eigenvalue weighted by atomic mass is 9.93. The Hall–Kier alpha value is -2.45. The number of nitrogens with zero attached hydrogens (tertiary/aromatic N) is 2. The minimum atomic E-state index is -0.382. The second kappa shape index (κ2) is 7.28. The van der Waals surface area contributed by atoms with E-state index in [1.807, 2.05) is 19.2 Å². The molecule has 8 heteroatoms. The van der Waals surface area contributed by atoms with E-state index in [1.165, 1.54) is 0 Å². The second-order valence-electron chi connectivity index (χ2n) is 7.26. The van der Waals surface area contributed by atoms with Crippen molar-refractivity contribution in [1.82, 2.24) is 20.4 Å². The molecular formula is C19H25N5O3. The number of aromatic nitrogens is 2. The Morgan fingerprint density at radius 1 is 1.30 bits per heavy atom. The molecule has 0 saturated carbocycles. The van der Waals surface area contributed by atoms with Gasteiger partial charge in [-0.3, -0.25) is 19.6 Å². The number of carbonyl (C=O) groups excluding carboxylic acids is 2. The van der Waals surface area contributed by atoms with Crippen LogP contribution in [0.5, 0.6) is 0 Å². The number of imide groups is 1. The molecule has 2 aromatic rings. The Morgan fingerprint density at radius 3 is 2.93 bits per heavy atom. The van der Waals surface area contributed by atoms with Gasteiger partial charge in [0.1, 0.15) is 0 Å². The maximum atomic E-state index is 12.2. The van der Waals surface area contributed by atoms with E-state index < -0.39 is 0 Å². The van der Waals surface area contributed by atoms with Gasteiger partial charge in [-0.25, -0.2) is 0 Å². The third-order valence-electron chi connectivity index (χ3n) is 5.53. The van der Waals surface area contributed by atoms with E-state index in [-0.39, 0.29) is 29.9 Å². The van der Waals surface area contributed by atoms with E-state index in [2.05, 4.69) is 27.1 Å². The summed E-state index contributed by atoms with van der Waals surface area (Å²) in [7, 11) is 3.62. The lowest BCUT2D eigenvalue weighted by molar-refractivity contribution is -0.134. The van der Waals surface area contributed by atoms with Crippen molar-refractivity contribution in [3.05, 3.63) is 23.9 Å². The third kappa shape index (κ3) is 3.42. The fourth-order valence-corrected chi connectivity index (χ4v) is 4.04. The number of methoxy groups -OCH3 is 1. The van der Waals surface area contributed by atoms with E-state index in [0.717, 1.165) is 41.8 Å². The number of aryl methyl sites for hydroxylation is 1. The van der Waals surface area contributed by atoms with Gasteiger partial charge in [0.05, 0.1) is 29.3 Å². The highest BCUT2D eigenvalue weighted by atomic mass is 16.5. The average Bonchev–Trinajstić information content (AvgIpc) is 2.98. The van der Waals surface area contributed by atoms with Gasteiger partial charge in [0, 0.05) is 38.2 Å². The normalized spacial score (nSPS) is 26.2. The van der Waals surface area contributed by atoms with E-state index in [9.17, 15) is 9.59 Å². The van der Waals surface area contributed by atoms with Crippen LogP contribution in [0.15, 0.2) is 18.2 Å². The molecule has 0 spiro atoms. The van der Waals surface area contributed by atoms with Gasteiger partial charge in [0.15, 0.2) is 0 Å². The highest BCUT2D eigenvalue weighted by Gasteiger charge is 2.31. The molecule has 3 N–H and O–H groups in total. The summed E-state index contributed by atoms with van der Waals surface area (Å²) in [4.78, 5) is 23.7. The fourth-order valence-electron chi connectivity index (χ4n) is 4.04. The van der Waals surface area contributed by atoms with Crippen molar-refractivity contribution in [3.8, 4) is 0 Å². The first-order valence-corrected chi connectivity index (χ1v) is 9.37. The minimum absolute atomic E-state index is 0.125. The van der Waals surface area contributed by atoms with Crippen LogP contribution < -0.4 is 16.0 Å². The summed E-state index contributed by atoms with van der Waals surface area (Å²) in [5.74, 6) is -0.851. The molecule has 0 aliphatic carbocycles. The van der Waals surface area contributed by atoms with Crippen molar-refractivity contribution in [3.63, 3.8) is 0 Å². The molecule has 144 valence electrons. The van der Waals surface area contributed by atoms with Crippen molar-refractivity contribution in [1.29, 1.82) is 0 Å². The second-order valence-corrected chi connectivity index (χ2v) is 7.26. The van der Waals surface area contributed by atoms with Crippen LogP contribution in [0.1, 0.15) is 30.9 Å². The zero-order valence-corrected chi connectivity index (χ0v) is 15.6. The van der Waals surface area contributed by atoms with Gasteiger partial charge in [-0.1, -0.05) is 0 Å². The number of nitrogens with one attached hydrogen (secondary N) is 3. The molecular weight excluding hydrogens is 346 g/mol. The zero-order chi connectivity index (χ0) is 19.0. The van der Waals surface area contributed by atoms with Gasteiger partial charge in [-0.15, -0.1) is 0 Å². The first-order chi connectivity index (χ1) is 13.1. The van der Waals surface area contributed by atoms with Crippen LogP contribution in [0.25, 0.3) is 10.9 Å². The van der Waals surface area contributed by atoms with Crippen molar-refractivity contribution in [2.45, 2.75) is 37.3 Å². The van der Waals surface area contributed by atoms with Crippen LogP contribution in [0.4, 0.5) is 5.69 Å². The van der Waals surface area contributed by atoms with Gasteiger partial charge < -0.3 is 15.4 Å². The summed E-state index contributed by atoms with van der Waals surface area (Å²) in [5, 5.41) is 14.9. The highest BCUT2D eigenvalue weighted by molar-refractivity contribution is 6.02. The van der Waals surface area contributed by atoms with Crippen LogP contribution in [0.3, 0.4) is 0 Å². The predicted molar refractivity (Wildman–Crippen MR) is 102 cm³/mol. The first-order valence-electron chi connectivity index (χ1n) is 9.37. The quantitative estimate of drug-likeness (QED) is 0.691. The van der Waals surface area contributed by atoms with Crippen molar-refractivity contribution in [2.75, 3.05) is 25.5 Å². The first kappa shape index (κ1) is 17.9. The van der Waals surface area contributed by atoms with Crippen LogP contribution in [0, 0.1) is 0 Å². The molecule has 3 heterocycles. The monoisotopic (exact) mass is 371 g/mol. The Labute approximate surface area is 157 Å². The van der Waals surface area contributed by atoms with Crippen LogP contribution >= 0.6 is 0 Å². The number of fused-ring (bicyclic) bond motifs is 1. The summed E-state index contributed by atoms with van der Waals surface area (Å²) >= 11 is 0. The van der Waals surface area contributed by atoms with Crippen LogP contribution in [-0.4, -0.2) is 53.9 Å². The number of carbonyl (C=O) groups is 2. The number of benzene rings is 1. The minimum Gasteiger partial charge on any atom is -0.380 e. The zero-order valence-electron chi connectivity index (χ0n) is 15.6. The topological polar surface area (TPSA) is 97.3 Å². The lowest BCUT2D eigenvalue weighted by Gasteiger charge is -2.32. The summed E-state index contributed by atoms with van der Waals surface area (Å²) < 4.78 is 7.38. The van der Waals surface area contributed by atoms with Gasteiger partial charge in [-0.05, 0) is 37.6 Å². The molecule has 2 amide bonds. The SMILES string of the molecule is CO[C@@H]1CNCC[C@H]1Nc1ccc2c(C3CCC(=O)NC3=O)nn(C)c2c1. The van der Waals surface area contributed by atoms with E-state index in [1.54, 1.807) is 11.8 Å². The van der Waals surface area contributed by atoms with Crippen LogP contribution in [0.2, 0.25) is 0 Å². The molecule has 8 nitrogen and oxygen atoms in total. The molecule has 3 atom stereocenters. The molecule has 4 rings (SSSR count). The third-order valence-corrected chi connectivity index (χ3v) is 5.53. The molecule has 0 radical (unpaired) electrons. The molecule has 27 heavy (non-hydrogen) atoms. The number of hydrogen-bond donors (Lipinski definition) is 3. The maximum Gasteiger partial charge on any atom is 0.235 e. The Morgan fingerprint density at radius 2 is 2.15 bits per heavy atom. The molecule has 2 saturated heterocycles. The van der Waals surface area contributed by atoms with Gasteiger partial charge in [0.2, 0.25) is 11.8 Å². The molecule has 1 aromatic carbocycles. The smallest absolute Gasteiger partial charge is 0.235 e. The largest absolute Gasteiger partial charge is 0.380 e. The van der Waals surface area contributed by atoms with Crippen molar-refractivity contribution >= 4 is 28.4 Å². The Bertz CT molecular complexity index is 878. The Balaban J connectivity index is 1.61. The number of anilines is 1. The van der Waals surface area contributed by atoms with Gasteiger partial charge in [-0.2, -0.15) is 5.10 Å². The molecule has 2 fully saturated rings. The summed E-state index contributed by atoms with van der Waals surface area (Å²) in [5.41, 5.74) is 2.71. The maximum absolute atomic E-state index is 12.2. The summed E-state index contributed by atoms with van der Waals surface area (Å²) in [6.45, 7) is 1.80. The Kier molecular flexibility index (Phi) is 4.84. The molecule has 1 aromatic heterocycles. The molecule has 2 aliphatic rings. The molecule has 0 bridgehead atoms. The number of ether oxygens (including phenoxy) is 1. The van der Waals surface area contributed by atoms with Crippen molar-refractivity contribution in [2.24, 2.45) is 7.05 Å². The van der Waals surface area contributed by atoms with E-state index >= 15 is 0 Å². The van der Waals surface area contributed by atoms with Gasteiger partial charge >= 0.3 is 0 Å². The molecule has 2 aliphatic heterocycles. The average molecular weight is 371 g/mol. The number of piperidine rings is 2. The van der Waals surface area contributed by atoms with E-state index in [0.29, 0.717) is 12.8 Å². The highest BCUT2D eigenvalue weighted by Crippen LogP contribution is 2.31. The van der Waals surface area contributed by atoms with E-state index in [4.69, 9.17) is 4.74 Å². The van der Waals surface area contributed by atoms with Crippen molar-refractivity contribution < 1.29 is 14.3 Å². The van der Waals surface area contributed by atoms with Crippen LogP contribution in [-0.2, 0) is 21.4 Å².